The maximum atomic E-state index is 12.1. The summed E-state index contributed by atoms with van der Waals surface area (Å²) in [6.45, 7) is 6.70. The summed E-state index contributed by atoms with van der Waals surface area (Å²) in [5, 5.41) is 2.67. The molecule has 0 radical (unpaired) electrons. The van der Waals surface area contributed by atoms with Crippen molar-refractivity contribution >= 4 is 11.8 Å². The second-order valence-electron chi connectivity index (χ2n) is 6.33. The van der Waals surface area contributed by atoms with E-state index in [1.807, 2.05) is 0 Å². The molecule has 5 atom stereocenters. The van der Waals surface area contributed by atoms with Gasteiger partial charge in [0.15, 0.2) is 0 Å². The highest BCUT2D eigenvalue weighted by Crippen LogP contribution is 2.62. The molecule has 2 fully saturated rings. The van der Waals surface area contributed by atoms with Crippen LogP contribution in [0.1, 0.15) is 33.6 Å². The number of nitrogens with one attached hydrogen (secondary N) is 1. The quantitative estimate of drug-likeness (QED) is 0.788. The van der Waals surface area contributed by atoms with Gasteiger partial charge in [-0.2, -0.15) is 0 Å². The van der Waals surface area contributed by atoms with E-state index >= 15 is 0 Å². The zero-order valence-electron chi connectivity index (χ0n) is 11.5. The highest BCUT2D eigenvalue weighted by Gasteiger charge is 2.61. The molecule has 0 bridgehead atoms. The number of hydrogen-bond donors (Lipinski definition) is 2. The molecule has 0 unspecified atom stereocenters. The Labute approximate surface area is 109 Å². The first-order valence-corrected chi connectivity index (χ1v) is 6.99. The molecule has 0 saturated heterocycles. The van der Waals surface area contributed by atoms with E-state index in [1.165, 1.54) is 12.8 Å². The van der Waals surface area contributed by atoms with Crippen LogP contribution < -0.4 is 11.1 Å². The fourth-order valence-electron chi connectivity index (χ4n) is 3.90. The van der Waals surface area contributed by atoms with E-state index in [-0.39, 0.29) is 18.4 Å². The Bertz CT molecular complexity index is 354. The zero-order valence-corrected chi connectivity index (χ0v) is 11.5. The van der Waals surface area contributed by atoms with Crippen LogP contribution in [0.25, 0.3) is 0 Å². The highest BCUT2D eigenvalue weighted by atomic mass is 16.2. The Kier molecular flexibility index (Phi) is 3.64. The van der Waals surface area contributed by atoms with E-state index in [1.54, 1.807) is 0 Å². The van der Waals surface area contributed by atoms with E-state index in [0.29, 0.717) is 29.6 Å². The molecule has 3 N–H and O–H groups in total. The Morgan fingerprint density at radius 3 is 2.50 bits per heavy atom. The Morgan fingerprint density at radius 2 is 1.94 bits per heavy atom. The molecule has 102 valence electrons. The molecule has 2 rings (SSSR count). The van der Waals surface area contributed by atoms with Gasteiger partial charge >= 0.3 is 0 Å². The van der Waals surface area contributed by atoms with Gasteiger partial charge in [-0.1, -0.05) is 27.2 Å². The third-order valence-corrected chi connectivity index (χ3v) is 4.84. The average Bonchev–Trinajstić information content (AvgIpc) is 3.01. The minimum Gasteiger partial charge on any atom is -0.368 e. The molecule has 0 heterocycles. The van der Waals surface area contributed by atoms with Crippen molar-refractivity contribution in [2.75, 3.05) is 6.54 Å². The summed E-state index contributed by atoms with van der Waals surface area (Å²) in [5.41, 5.74) is 5.06. The van der Waals surface area contributed by atoms with E-state index in [9.17, 15) is 9.59 Å². The van der Waals surface area contributed by atoms with Crippen molar-refractivity contribution in [1.29, 1.82) is 0 Å². The van der Waals surface area contributed by atoms with Crippen LogP contribution in [0.2, 0.25) is 0 Å². The van der Waals surface area contributed by atoms with Crippen molar-refractivity contribution < 1.29 is 9.59 Å². The number of amides is 2. The van der Waals surface area contributed by atoms with Gasteiger partial charge in [0, 0.05) is 5.92 Å². The normalized spacial score (nSPS) is 38.1. The lowest BCUT2D eigenvalue weighted by Crippen LogP contribution is -2.35. The van der Waals surface area contributed by atoms with Gasteiger partial charge in [-0.15, -0.1) is 0 Å². The first kappa shape index (κ1) is 13.4. The molecule has 18 heavy (non-hydrogen) atoms. The molecule has 0 aromatic carbocycles. The van der Waals surface area contributed by atoms with Gasteiger partial charge in [0.2, 0.25) is 11.8 Å². The van der Waals surface area contributed by atoms with E-state index in [0.717, 1.165) is 0 Å². The van der Waals surface area contributed by atoms with Crippen molar-refractivity contribution in [3.63, 3.8) is 0 Å². The smallest absolute Gasteiger partial charge is 0.236 e. The van der Waals surface area contributed by atoms with Gasteiger partial charge in [-0.05, 0) is 36.0 Å². The SMILES string of the molecule is CC(C)[C@H]1CC[C@@H](C)[C@H]2[C@@H](C(=O)NCC(N)=O)[C@@H]21. The fraction of sp³-hybridized carbons (Fsp3) is 0.857. The predicted molar refractivity (Wildman–Crippen MR) is 69.4 cm³/mol. The molecular formula is C14H24N2O2. The molecule has 0 aliphatic heterocycles. The Hall–Kier alpha value is -1.06. The average molecular weight is 252 g/mol. The molecule has 4 nitrogen and oxygen atoms in total. The van der Waals surface area contributed by atoms with Crippen molar-refractivity contribution in [2.45, 2.75) is 33.6 Å². The molecular weight excluding hydrogens is 228 g/mol. The second-order valence-corrected chi connectivity index (χ2v) is 6.33. The monoisotopic (exact) mass is 252 g/mol. The van der Waals surface area contributed by atoms with Crippen LogP contribution in [-0.2, 0) is 9.59 Å². The van der Waals surface area contributed by atoms with E-state index < -0.39 is 5.91 Å². The number of carbonyl (C=O) groups excluding carboxylic acids is 2. The summed E-state index contributed by atoms with van der Waals surface area (Å²) < 4.78 is 0. The summed E-state index contributed by atoms with van der Waals surface area (Å²) in [5.74, 6) is 2.67. The maximum Gasteiger partial charge on any atom is 0.236 e. The van der Waals surface area contributed by atoms with Gasteiger partial charge in [-0.3, -0.25) is 9.59 Å². The topological polar surface area (TPSA) is 72.2 Å². The molecule has 0 spiro atoms. The molecule has 4 heteroatoms. The highest BCUT2D eigenvalue weighted by molar-refractivity contribution is 5.87. The molecule has 2 amide bonds. The van der Waals surface area contributed by atoms with Crippen LogP contribution in [0.15, 0.2) is 0 Å². The number of nitrogens with two attached hydrogens (primary N) is 1. The lowest BCUT2D eigenvalue weighted by molar-refractivity contribution is -0.126. The van der Waals surface area contributed by atoms with Crippen LogP contribution >= 0.6 is 0 Å². The lowest BCUT2D eigenvalue weighted by Gasteiger charge is -2.28. The van der Waals surface area contributed by atoms with Crippen molar-refractivity contribution in [3.8, 4) is 0 Å². The summed E-state index contributed by atoms with van der Waals surface area (Å²) in [6, 6.07) is 0. The van der Waals surface area contributed by atoms with Gasteiger partial charge in [0.05, 0.1) is 6.54 Å². The Morgan fingerprint density at radius 1 is 1.28 bits per heavy atom. The molecule has 2 aliphatic carbocycles. The molecule has 0 aromatic heterocycles. The van der Waals surface area contributed by atoms with Crippen LogP contribution in [0, 0.1) is 35.5 Å². The van der Waals surface area contributed by atoms with Crippen molar-refractivity contribution in [3.05, 3.63) is 0 Å². The van der Waals surface area contributed by atoms with Gasteiger partial charge in [0.1, 0.15) is 0 Å². The zero-order chi connectivity index (χ0) is 13.4. The summed E-state index contributed by atoms with van der Waals surface area (Å²) >= 11 is 0. The molecule has 2 saturated carbocycles. The first-order valence-electron chi connectivity index (χ1n) is 6.99. The minimum absolute atomic E-state index is 0.0307. The van der Waals surface area contributed by atoms with E-state index in [4.69, 9.17) is 5.73 Å². The van der Waals surface area contributed by atoms with Gasteiger partial charge < -0.3 is 11.1 Å². The van der Waals surface area contributed by atoms with E-state index in [2.05, 4.69) is 26.1 Å². The second kappa shape index (κ2) is 4.90. The largest absolute Gasteiger partial charge is 0.368 e. The number of hydrogen-bond acceptors (Lipinski definition) is 2. The summed E-state index contributed by atoms with van der Waals surface area (Å²) in [7, 11) is 0. The maximum absolute atomic E-state index is 12.1. The van der Waals surface area contributed by atoms with Crippen molar-refractivity contribution in [2.24, 2.45) is 41.2 Å². The number of carbonyl (C=O) groups is 2. The Balaban J connectivity index is 1.98. The predicted octanol–water partition coefficient (Wildman–Crippen LogP) is 1.15. The summed E-state index contributed by atoms with van der Waals surface area (Å²) in [4.78, 5) is 22.8. The molecule has 0 aromatic rings. The molecule has 2 aliphatic rings. The van der Waals surface area contributed by atoms with Gasteiger partial charge in [0.25, 0.3) is 0 Å². The summed E-state index contributed by atoms with van der Waals surface area (Å²) in [6.07, 6.45) is 2.46. The third-order valence-electron chi connectivity index (χ3n) is 4.84. The van der Waals surface area contributed by atoms with Crippen LogP contribution in [0.5, 0.6) is 0 Å². The first-order chi connectivity index (χ1) is 8.43. The van der Waals surface area contributed by atoms with Crippen LogP contribution in [0.3, 0.4) is 0 Å². The lowest BCUT2D eigenvalue weighted by atomic mass is 9.77. The van der Waals surface area contributed by atoms with Crippen LogP contribution in [0.4, 0.5) is 0 Å². The number of fused-ring (bicyclic) bond motifs is 1. The standard InChI is InChI=1S/C14H24N2O2/c1-7(2)9-5-4-8(3)11-12(9)13(11)14(18)16-6-10(15)17/h7-9,11-13H,4-6H2,1-3H3,(H2,15,17)(H,16,18)/t8-,9-,11-,12-,13-/m1/s1. The number of primary amides is 1. The third kappa shape index (κ3) is 2.38. The van der Waals surface area contributed by atoms with Gasteiger partial charge in [-0.25, -0.2) is 0 Å². The fourth-order valence-corrected chi connectivity index (χ4v) is 3.90. The van der Waals surface area contributed by atoms with Crippen LogP contribution in [-0.4, -0.2) is 18.4 Å². The minimum atomic E-state index is -0.472. The van der Waals surface area contributed by atoms with Crippen molar-refractivity contribution in [1.82, 2.24) is 5.32 Å². The number of rotatable bonds is 4.